The molecule has 1 heterocycles. The van der Waals surface area contributed by atoms with Gasteiger partial charge in [-0.25, -0.2) is 0 Å². The summed E-state index contributed by atoms with van der Waals surface area (Å²) in [6.07, 6.45) is 7.26. The van der Waals surface area contributed by atoms with Crippen molar-refractivity contribution in [3.63, 3.8) is 0 Å². The summed E-state index contributed by atoms with van der Waals surface area (Å²) in [5, 5.41) is 8.69. The van der Waals surface area contributed by atoms with Gasteiger partial charge in [-0.3, -0.25) is 0 Å². The van der Waals surface area contributed by atoms with Crippen molar-refractivity contribution in [3.05, 3.63) is 0 Å². The lowest BCUT2D eigenvalue weighted by Crippen LogP contribution is -2.42. The van der Waals surface area contributed by atoms with Crippen LogP contribution < -0.4 is 5.73 Å². The molecule has 0 bridgehead atoms. The second-order valence-electron chi connectivity index (χ2n) is 5.20. The van der Waals surface area contributed by atoms with Gasteiger partial charge in [0.15, 0.2) is 0 Å². The maximum absolute atomic E-state index is 8.69. The van der Waals surface area contributed by atoms with E-state index in [1.807, 2.05) is 0 Å². The number of rotatable bonds is 7. The molecule has 96 valence electrons. The first kappa shape index (κ1) is 13.9. The summed E-state index contributed by atoms with van der Waals surface area (Å²) in [5.41, 5.74) is 5.97. The smallest absolute Gasteiger partial charge is 0.0431 e. The van der Waals surface area contributed by atoms with E-state index in [9.17, 15) is 0 Å². The molecule has 3 heteroatoms. The van der Waals surface area contributed by atoms with Crippen molar-refractivity contribution < 1.29 is 5.11 Å². The van der Waals surface area contributed by atoms with Crippen molar-refractivity contribution in [3.8, 4) is 0 Å². The molecule has 1 aliphatic heterocycles. The first-order chi connectivity index (χ1) is 7.74. The van der Waals surface area contributed by atoms with Gasteiger partial charge in [0.2, 0.25) is 0 Å². The molecule has 2 atom stereocenters. The number of aliphatic hydroxyl groups is 1. The van der Waals surface area contributed by atoms with Gasteiger partial charge in [-0.1, -0.05) is 12.8 Å². The first-order valence-electron chi connectivity index (χ1n) is 6.83. The van der Waals surface area contributed by atoms with Gasteiger partial charge in [0.25, 0.3) is 0 Å². The summed E-state index contributed by atoms with van der Waals surface area (Å²) in [5.74, 6) is 0.700. The SMILES string of the molecule is CC(N)C1CCCN(CCCCCCO)C1. The summed E-state index contributed by atoms with van der Waals surface area (Å²) < 4.78 is 0. The molecule has 0 saturated carbocycles. The fourth-order valence-electron chi connectivity index (χ4n) is 2.52. The molecule has 1 saturated heterocycles. The molecule has 0 amide bonds. The molecule has 0 aliphatic carbocycles. The first-order valence-corrected chi connectivity index (χ1v) is 6.83. The van der Waals surface area contributed by atoms with Gasteiger partial charge in [0, 0.05) is 19.2 Å². The largest absolute Gasteiger partial charge is 0.396 e. The van der Waals surface area contributed by atoms with Gasteiger partial charge in [0.1, 0.15) is 0 Å². The maximum atomic E-state index is 8.69. The quantitative estimate of drug-likeness (QED) is 0.651. The standard InChI is InChI=1S/C13H28N2O/c1-12(14)13-7-6-9-15(11-13)8-4-2-3-5-10-16/h12-13,16H,2-11,14H2,1H3. The molecular weight excluding hydrogens is 200 g/mol. The molecule has 3 N–H and O–H groups in total. The Kier molecular flexibility index (Phi) is 7.01. The summed E-state index contributed by atoms with van der Waals surface area (Å²) in [7, 11) is 0. The molecular formula is C13H28N2O. The molecule has 0 radical (unpaired) electrons. The zero-order valence-corrected chi connectivity index (χ0v) is 10.7. The number of unbranched alkanes of at least 4 members (excludes halogenated alkanes) is 3. The van der Waals surface area contributed by atoms with Crippen molar-refractivity contribution in [2.45, 2.75) is 51.5 Å². The lowest BCUT2D eigenvalue weighted by molar-refractivity contribution is 0.158. The Hall–Kier alpha value is -0.120. The van der Waals surface area contributed by atoms with Crippen LogP contribution in [0.3, 0.4) is 0 Å². The topological polar surface area (TPSA) is 49.5 Å². The Morgan fingerprint density at radius 3 is 2.75 bits per heavy atom. The van der Waals surface area contributed by atoms with E-state index in [1.54, 1.807) is 0 Å². The van der Waals surface area contributed by atoms with Gasteiger partial charge in [-0.05, 0) is 51.6 Å². The third-order valence-electron chi connectivity index (χ3n) is 3.67. The van der Waals surface area contributed by atoms with Crippen molar-refractivity contribution in [1.29, 1.82) is 0 Å². The van der Waals surface area contributed by atoms with Crippen LogP contribution in [-0.2, 0) is 0 Å². The van der Waals surface area contributed by atoms with Crippen molar-refractivity contribution in [2.24, 2.45) is 11.7 Å². The zero-order valence-electron chi connectivity index (χ0n) is 10.7. The minimum absolute atomic E-state index is 0.344. The van der Waals surface area contributed by atoms with Crippen LogP contribution in [-0.4, -0.2) is 42.3 Å². The lowest BCUT2D eigenvalue weighted by Gasteiger charge is -2.34. The van der Waals surface area contributed by atoms with Crippen LogP contribution in [0.25, 0.3) is 0 Å². The van der Waals surface area contributed by atoms with Crippen LogP contribution in [0.15, 0.2) is 0 Å². The number of piperidine rings is 1. The van der Waals surface area contributed by atoms with Gasteiger partial charge >= 0.3 is 0 Å². The molecule has 1 rings (SSSR count). The van der Waals surface area contributed by atoms with Crippen LogP contribution in [0.2, 0.25) is 0 Å². The highest BCUT2D eigenvalue weighted by atomic mass is 16.2. The Balaban J connectivity index is 2.07. The molecule has 0 aromatic carbocycles. The van der Waals surface area contributed by atoms with Crippen molar-refractivity contribution >= 4 is 0 Å². The molecule has 0 spiro atoms. The zero-order chi connectivity index (χ0) is 11.8. The average Bonchev–Trinajstić information content (AvgIpc) is 2.29. The van der Waals surface area contributed by atoms with Crippen LogP contribution in [0, 0.1) is 5.92 Å². The summed E-state index contributed by atoms with van der Waals surface area (Å²) in [6.45, 7) is 6.14. The van der Waals surface area contributed by atoms with Crippen LogP contribution in [0.4, 0.5) is 0 Å². The fraction of sp³-hybridized carbons (Fsp3) is 1.00. The van der Waals surface area contributed by atoms with E-state index in [0.29, 0.717) is 18.6 Å². The third-order valence-corrected chi connectivity index (χ3v) is 3.67. The molecule has 16 heavy (non-hydrogen) atoms. The normalized spacial score (nSPS) is 24.6. The Bertz CT molecular complexity index is 173. The minimum atomic E-state index is 0.344. The van der Waals surface area contributed by atoms with Gasteiger partial charge in [-0.2, -0.15) is 0 Å². The predicted molar refractivity (Wildman–Crippen MR) is 68.4 cm³/mol. The highest BCUT2D eigenvalue weighted by Gasteiger charge is 2.21. The molecule has 1 fully saturated rings. The molecule has 2 unspecified atom stereocenters. The fourth-order valence-corrected chi connectivity index (χ4v) is 2.52. The van der Waals surface area contributed by atoms with E-state index in [1.165, 1.54) is 51.7 Å². The van der Waals surface area contributed by atoms with E-state index in [0.717, 1.165) is 6.42 Å². The lowest BCUT2D eigenvalue weighted by atomic mass is 9.92. The average molecular weight is 228 g/mol. The number of aliphatic hydroxyl groups excluding tert-OH is 1. The number of nitrogens with zero attached hydrogens (tertiary/aromatic N) is 1. The second-order valence-corrected chi connectivity index (χ2v) is 5.20. The number of nitrogens with two attached hydrogens (primary N) is 1. The monoisotopic (exact) mass is 228 g/mol. The number of likely N-dealkylation sites (tertiary alicyclic amines) is 1. The number of hydrogen-bond donors (Lipinski definition) is 2. The third kappa shape index (κ3) is 5.28. The maximum Gasteiger partial charge on any atom is 0.0431 e. The van der Waals surface area contributed by atoms with Crippen molar-refractivity contribution in [1.82, 2.24) is 4.90 Å². The van der Waals surface area contributed by atoms with E-state index in [2.05, 4.69) is 11.8 Å². The van der Waals surface area contributed by atoms with Crippen LogP contribution in [0.1, 0.15) is 45.4 Å². The van der Waals surface area contributed by atoms with Crippen molar-refractivity contribution in [2.75, 3.05) is 26.2 Å². The second kappa shape index (κ2) is 8.04. The Morgan fingerprint density at radius 2 is 2.06 bits per heavy atom. The molecule has 3 nitrogen and oxygen atoms in total. The van der Waals surface area contributed by atoms with Gasteiger partial charge in [0.05, 0.1) is 0 Å². The minimum Gasteiger partial charge on any atom is -0.396 e. The molecule has 0 aromatic heterocycles. The highest BCUT2D eigenvalue weighted by Crippen LogP contribution is 2.19. The summed E-state index contributed by atoms with van der Waals surface area (Å²) in [4.78, 5) is 2.57. The van der Waals surface area contributed by atoms with Gasteiger partial charge in [-0.15, -0.1) is 0 Å². The predicted octanol–water partition coefficient (Wildman–Crippen LogP) is 1.60. The van der Waals surface area contributed by atoms with E-state index in [4.69, 9.17) is 10.8 Å². The van der Waals surface area contributed by atoms with Gasteiger partial charge < -0.3 is 15.7 Å². The molecule has 0 aromatic rings. The highest BCUT2D eigenvalue weighted by molar-refractivity contribution is 4.78. The van der Waals surface area contributed by atoms with Crippen LogP contribution in [0.5, 0.6) is 0 Å². The Morgan fingerprint density at radius 1 is 1.31 bits per heavy atom. The summed E-state index contributed by atoms with van der Waals surface area (Å²) in [6, 6.07) is 0.345. The Labute approximate surface area is 100 Å². The van der Waals surface area contributed by atoms with E-state index >= 15 is 0 Å². The summed E-state index contributed by atoms with van der Waals surface area (Å²) >= 11 is 0. The van der Waals surface area contributed by atoms with E-state index < -0.39 is 0 Å². The van der Waals surface area contributed by atoms with E-state index in [-0.39, 0.29) is 0 Å². The number of hydrogen-bond acceptors (Lipinski definition) is 3. The van der Waals surface area contributed by atoms with Crippen LogP contribution >= 0.6 is 0 Å². The molecule has 1 aliphatic rings.